The highest BCUT2D eigenvalue weighted by Gasteiger charge is 2.32. The lowest BCUT2D eigenvalue weighted by Crippen LogP contribution is -2.29. The molecule has 0 aliphatic heterocycles. The first-order chi connectivity index (χ1) is 18.5. The van der Waals surface area contributed by atoms with Crippen molar-refractivity contribution in [3.05, 3.63) is 87.2 Å². The van der Waals surface area contributed by atoms with Crippen LogP contribution in [0.3, 0.4) is 0 Å². The van der Waals surface area contributed by atoms with Gasteiger partial charge in [0.05, 0.1) is 24.0 Å². The van der Waals surface area contributed by atoms with E-state index in [1.165, 1.54) is 30.5 Å². The highest BCUT2D eigenvalue weighted by Crippen LogP contribution is 2.39. The van der Waals surface area contributed by atoms with Crippen molar-refractivity contribution in [2.75, 3.05) is 19.4 Å². The summed E-state index contributed by atoms with van der Waals surface area (Å²) in [5.74, 6) is -2.88. The van der Waals surface area contributed by atoms with Crippen molar-refractivity contribution < 1.29 is 19.2 Å². The molecule has 0 saturated heterocycles. The van der Waals surface area contributed by atoms with E-state index in [-0.39, 0.29) is 23.0 Å². The number of amides is 2. The molecule has 2 atom stereocenters. The highest BCUT2D eigenvalue weighted by atomic mass is 16.5. The lowest BCUT2D eigenvalue weighted by atomic mass is 9.80. The number of aryl methyl sites for hydroxylation is 1. The molecule has 2 amide bonds. The zero-order chi connectivity index (χ0) is 28.4. The maximum atomic E-state index is 13.0. The Morgan fingerprint density at radius 2 is 1.97 bits per heavy atom. The summed E-state index contributed by atoms with van der Waals surface area (Å²) in [6.45, 7) is 1.79. The second-order valence-corrected chi connectivity index (χ2v) is 9.23. The molecule has 0 bridgehead atoms. The summed E-state index contributed by atoms with van der Waals surface area (Å²) < 4.78 is 7.47. The van der Waals surface area contributed by atoms with Crippen molar-refractivity contribution in [1.82, 2.24) is 29.4 Å². The van der Waals surface area contributed by atoms with Crippen LogP contribution in [0.1, 0.15) is 62.1 Å². The first-order valence-electron chi connectivity index (χ1n) is 11.8. The largest absolute Gasteiger partial charge is 0.501 e. The number of anilines is 1. The van der Waals surface area contributed by atoms with E-state index in [1.54, 1.807) is 57.3 Å². The fourth-order valence-electron chi connectivity index (χ4n) is 4.43. The molecule has 0 aliphatic carbocycles. The molecule has 3 aromatic heterocycles. The van der Waals surface area contributed by atoms with Gasteiger partial charge < -0.3 is 19.8 Å². The number of aromatic nitrogens is 5. The Kier molecular flexibility index (Phi) is 7.30. The van der Waals surface area contributed by atoms with Crippen LogP contribution >= 0.6 is 0 Å². The number of nitrogens with one attached hydrogen (secondary N) is 1. The lowest BCUT2D eigenvalue weighted by Gasteiger charge is -2.26. The average Bonchev–Trinajstić information content (AvgIpc) is 3.58. The molecular formula is C26H26N8O5. The van der Waals surface area contributed by atoms with Crippen LogP contribution in [-0.4, -0.2) is 60.4 Å². The zero-order valence-electron chi connectivity index (χ0n) is 21.9. The molecule has 39 heavy (non-hydrogen) atoms. The van der Waals surface area contributed by atoms with E-state index in [4.69, 9.17) is 4.52 Å². The predicted molar refractivity (Wildman–Crippen MR) is 138 cm³/mol. The highest BCUT2D eigenvalue weighted by molar-refractivity contribution is 6.04. The Morgan fingerprint density at radius 1 is 1.23 bits per heavy atom. The number of rotatable bonds is 7. The first kappa shape index (κ1) is 26.8. The molecule has 0 fully saturated rings. The second kappa shape index (κ2) is 10.6. The third-order valence-electron chi connectivity index (χ3n) is 6.36. The van der Waals surface area contributed by atoms with Crippen molar-refractivity contribution in [3.63, 3.8) is 0 Å². The Morgan fingerprint density at radius 3 is 2.56 bits per heavy atom. The SMILES string of the molecule is C[C@@H](c1nc(C(=O)Nc2cnoc2)c(O)c(=O)n1C)[C@@H](c1cnn(C)c1)c1ccc(C(=O)N(C)C)cc1C#N. The van der Waals surface area contributed by atoms with Gasteiger partial charge >= 0.3 is 0 Å². The number of aromatic hydroxyl groups is 1. The van der Waals surface area contributed by atoms with Crippen molar-refractivity contribution in [2.24, 2.45) is 14.1 Å². The smallest absolute Gasteiger partial charge is 0.296 e. The Labute approximate surface area is 222 Å². The van der Waals surface area contributed by atoms with Gasteiger partial charge in [0.25, 0.3) is 17.4 Å². The number of nitriles is 1. The van der Waals surface area contributed by atoms with Crippen LogP contribution in [0.15, 0.2) is 52.4 Å². The third kappa shape index (κ3) is 5.12. The van der Waals surface area contributed by atoms with Gasteiger partial charge in [0.2, 0.25) is 5.75 Å². The minimum Gasteiger partial charge on any atom is -0.501 e. The molecule has 3 heterocycles. The Bertz CT molecular complexity index is 1650. The monoisotopic (exact) mass is 530 g/mol. The molecule has 0 saturated carbocycles. The molecule has 13 nitrogen and oxygen atoms in total. The molecule has 0 spiro atoms. The molecule has 0 unspecified atom stereocenters. The number of nitrogens with zero attached hydrogens (tertiary/aromatic N) is 7. The first-order valence-corrected chi connectivity index (χ1v) is 11.8. The summed E-state index contributed by atoms with van der Waals surface area (Å²) in [7, 11) is 6.43. The molecule has 4 aromatic rings. The predicted octanol–water partition coefficient (Wildman–Crippen LogP) is 1.97. The van der Waals surface area contributed by atoms with Gasteiger partial charge in [0.1, 0.15) is 17.8 Å². The van der Waals surface area contributed by atoms with Crippen LogP contribution < -0.4 is 10.9 Å². The fraction of sp³-hybridized carbons (Fsp3) is 0.269. The topological polar surface area (TPSA) is 172 Å². The van der Waals surface area contributed by atoms with Crippen LogP contribution in [0, 0.1) is 11.3 Å². The number of hydrogen-bond acceptors (Lipinski definition) is 9. The summed E-state index contributed by atoms with van der Waals surface area (Å²) in [6, 6.07) is 7.03. The molecule has 13 heteroatoms. The van der Waals surface area contributed by atoms with Crippen LogP contribution in [0.25, 0.3) is 0 Å². The molecule has 200 valence electrons. The van der Waals surface area contributed by atoms with Gasteiger partial charge in [-0.2, -0.15) is 10.4 Å². The molecule has 4 rings (SSSR count). The maximum absolute atomic E-state index is 13.0. The van der Waals surface area contributed by atoms with E-state index in [9.17, 15) is 24.8 Å². The van der Waals surface area contributed by atoms with Crippen LogP contribution in [0.5, 0.6) is 5.75 Å². The minimum absolute atomic E-state index is 0.180. The molecule has 0 radical (unpaired) electrons. The summed E-state index contributed by atoms with van der Waals surface area (Å²) in [6.07, 6.45) is 5.86. The van der Waals surface area contributed by atoms with Crippen molar-refractivity contribution >= 4 is 17.5 Å². The summed E-state index contributed by atoms with van der Waals surface area (Å²) in [4.78, 5) is 44.2. The number of carbonyl (C=O) groups excluding carboxylic acids is 2. The van der Waals surface area contributed by atoms with Gasteiger partial charge in [-0.3, -0.25) is 23.6 Å². The van der Waals surface area contributed by atoms with Crippen LogP contribution in [0.4, 0.5) is 5.69 Å². The second-order valence-electron chi connectivity index (χ2n) is 9.23. The van der Waals surface area contributed by atoms with Crippen molar-refractivity contribution in [2.45, 2.75) is 18.8 Å². The van der Waals surface area contributed by atoms with E-state index in [0.717, 1.165) is 4.57 Å². The molecular weight excluding hydrogens is 504 g/mol. The van der Waals surface area contributed by atoms with Gasteiger partial charge in [-0.15, -0.1) is 0 Å². The minimum atomic E-state index is -0.830. The van der Waals surface area contributed by atoms with Gasteiger partial charge in [-0.05, 0) is 23.3 Å². The summed E-state index contributed by atoms with van der Waals surface area (Å²) >= 11 is 0. The van der Waals surface area contributed by atoms with E-state index >= 15 is 0 Å². The molecule has 0 aliphatic rings. The maximum Gasteiger partial charge on any atom is 0.296 e. The third-order valence-corrected chi connectivity index (χ3v) is 6.36. The number of carbonyl (C=O) groups is 2. The molecule has 1 aromatic carbocycles. The van der Waals surface area contributed by atoms with Gasteiger partial charge in [-0.1, -0.05) is 18.1 Å². The van der Waals surface area contributed by atoms with Gasteiger partial charge in [0.15, 0.2) is 5.69 Å². The standard InChI is InChI=1S/C26H26N8O5/c1-14(23-31-21(22(35)26(38)34(23)5)24(36)30-18-11-29-39-13-18)20(17-10-28-33(4)12-17)19-7-6-15(8-16(19)9-27)25(37)32(2)3/h6-8,10-14,20,35H,1-5H3,(H,30,36)/t14-,20+/m1/s1. The fourth-order valence-corrected chi connectivity index (χ4v) is 4.43. The van der Waals surface area contributed by atoms with Crippen LogP contribution in [-0.2, 0) is 14.1 Å². The Hall–Kier alpha value is -5.25. The van der Waals surface area contributed by atoms with Gasteiger partial charge in [-0.25, -0.2) is 4.98 Å². The van der Waals surface area contributed by atoms with Crippen molar-refractivity contribution in [3.8, 4) is 11.8 Å². The van der Waals surface area contributed by atoms with E-state index in [0.29, 0.717) is 16.7 Å². The quantitative estimate of drug-likeness (QED) is 0.362. The van der Waals surface area contributed by atoms with Gasteiger partial charge in [0, 0.05) is 51.8 Å². The van der Waals surface area contributed by atoms with E-state index in [1.807, 2.05) is 0 Å². The summed E-state index contributed by atoms with van der Waals surface area (Å²) in [5.41, 5.74) is 0.823. The number of benzene rings is 1. The zero-order valence-corrected chi connectivity index (χ0v) is 21.9. The lowest BCUT2D eigenvalue weighted by molar-refractivity contribution is 0.0827. The summed E-state index contributed by atoms with van der Waals surface area (Å²) in [5, 5.41) is 30.8. The van der Waals surface area contributed by atoms with Crippen LogP contribution in [0.2, 0.25) is 0 Å². The average molecular weight is 531 g/mol. The van der Waals surface area contributed by atoms with E-state index < -0.39 is 34.7 Å². The van der Waals surface area contributed by atoms with E-state index in [2.05, 4.69) is 26.6 Å². The number of hydrogen-bond donors (Lipinski definition) is 2. The Balaban J connectivity index is 1.86. The normalized spacial score (nSPS) is 12.4. The van der Waals surface area contributed by atoms with Crippen molar-refractivity contribution in [1.29, 1.82) is 5.26 Å². The molecule has 2 N–H and O–H groups in total.